The zero-order valence-electron chi connectivity index (χ0n) is 20.7. The summed E-state index contributed by atoms with van der Waals surface area (Å²) in [4.78, 5) is 35.1. The number of carbonyl (C=O) groups excluding carboxylic acids is 2. The number of benzene rings is 1. The molecule has 0 spiro atoms. The molecule has 0 unspecified atom stereocenters. The first-order valence-corrected chi connectivity index (χ1v) is 12.6. The van der Waals surface area contributed by atoms with Crippen LogP contribution in [0.3, 0.4) is 0 Å². The second-order valence-electron chi connectivity index (χ2n) is 9.83. The van der Waals surface area contributed by atoms with Crippen molar-refractivity contribution in [3.8, 4) is 5.69 Å². The van der Waals surface area contributed by atoms with Gasteiger partial charge in [-0.2, -0.15) is 18.3 Å². The highest BCUT2D eigenvalue weighted by Crippen LogP contribution is 2.38. The van der Waals surface area contributed by atoms with Gasteiger partial charge in [-0.25, -0.2) is 14.6 Å². The number of carbonyl (C=O) groups is 2. The number of alkyl halides is 3. The molecule has 3 aromatic heterocycles. The van der Waals surface area contributed by atoms with Crippen molar-refractivity contribution in [1.82, 2.24) is 24.6 Å². The summed E-state index contributed by atoms with van der Waals surface area (Å²) >= 11 is 0. The first kappa shape index (κ1) is 24.8. The fourth-order valence-corrected chi connectivity index (χ4v) is 5.51. The molecule has 200 valence electrons. The third kappa shape index (κ3) is 4.55. The number of hydrogen-bond acceptors (Lipinski definition) is 6. The number of amides is 2. The van der Waals surface area contributed by atoms with Crippen LogP contribution in [-0.4, -0.2) is 49.0 Å². The van der Waals surface area contributed by atoms with Crippen LogP contribution in [0.25, 0.3) is 16.6 Å². The molecular weight excluding hydrogens is 511 g/mol. The number of pyridine rings is 2. The number of hydrogen-bond donors (Lipinski definition) is 2. The van der Waals surface area contributed by atoms with Crippen molar-refractivity contribution in [2.24, 2.45) is 0 Å². The lowest BCUT2D eigenvalue weighted by molar-refractivity contribution is -0.137. The van der Waals surface area contributed by atoms with E-state index < -0.39 is 17.6 Å². The minimum absolute atomic E-state index is 0.0545. The SMILES string of the molecule is Nc1nccc2c([C@@H]3CC[C@H]4CCC(=O)N4C3)nn(-c3ccc(C(=O)Nc4cc(C(F)(F)F)ccn4)cc3)c12. The molecule has 6 rings (SSSR count). The maximum Gasteiger partial charge on any atom is 0.416 e. The number of nitrogen functional groups attached to an aromatic ring is 1. The van der Waals surface area contributed by atoms with E-state index in [1.165, 1.54) is 0 Å². The third-order valence-corrected chi connectivity index (χ3v) is 7.46. The van der Waals surface area contributed by atoms with Gasteiger partial charge >= 0.3 is 6.18 Å². The Labute approximate surface area is 220 Å². The number of fused-ring (bicyclic) bond motifs is 2. The molecule has 2 atom stereocenters. The molecule has 2 amide bonds. The summed E-state index contributed by atoms with van der Waals surface area (Å²) in [5.41, 5.74) is 7.69. The van der Waals surface area contributed by atoms with Gasteiger partial charge in [0.15, 0.2) is 0 Å². The predicted molar refractivity (Wildman–Crippen MR) is 137 cm³/mol. The van der Waals surface area contributed by atoms with Crippen molar-refractivity contribution in [2.75, 3.05) is 17.6 Å². The van der Waals surface area contributed by atoms with Crippen molar-refractivity contribution in [3.63, 3.8) is 0 Å². The third-order valence-electron chi connectivity index (χ3n) is 7.46. The topological polar surface area (TPSA) is 119 Å². The lowest BCUT2D eigenvalue weighted by atomic mass is 9.89. The summed E-state index contributed by atoms with van der Waals surface area (Å²) in [6.07, 6.45) is 1.41. The van der Waals surface area contributed by atoms with E-state index in [1.807, 2.05) is 11.0 Å². The Morgan fingerprint density at radius 1 is 1.03 bits per heavy atom. The Kier molecular flexibility index (Phi) is 5.96. The van der Waals surface area contributed by atoms with Crippen molar-refractivity contribution in [1.29, 1.82) is 0 Å². The number of nitrogens with zero attached hydrogens (tertiary/aromatic N) is 5. The van der Waals surface area contributed by atoms with Gasteiger partial charge in [0, 0.05) is 48.3 Å². The molecule has 4 aromatic rings. The van der Waals surface area contributed by atoms with Crippen LogP contribution in [-0.2, 0) is 11.0 Å². The fraction of sp³-hybridized carbons (Fsp3) is 0.296. The zero-order valence-corrected chi connectivity index (χ0v) is 20.7. The Morgan fingerprint density at radius 2 is 1.79 bits per heavy atom. The summed E-state index contributed by atoms with van der Waals surface area (Å²) in [5, 5.41) is 8.16. The summed E-state index contributed by atoms with van der Waals surface area (Å²) in [6.45, 7) is 0.612. The maximum atomic E-state index is 13.0. The molecule has 2 fully saturated rings. The van der Waals surface area contributed by atoms with Gasteiger partial charge in [-0.3, -0.25) is 9.59 Å². The standard InChI is InChI=1S/C27H24F3N7O2/c28-27(29,30)17-9-11-32-21(13-17)34-26(39)15-1-5-19(6-2-15)37-24-20(10-12-33-25(24)31)23(35-37)16-3-4-18-7-8-22(38)36(18)14-16/h1-2,5-6,9-13,16,18H,3-4,7-8,14H2,(H2,31,33)(H,32,34,39)/t16-,18+/m1/s1. The highest BCUT2D eigenvalue weighted by Gasteiger charge is 2.38. The van der Waals surface area contributed by atoms with Crippen LogP contribution in [0.5, 0.6) is 0 Å². The van der Waals surface area contributed by atoms with Crippen molar-refractivity contribution < 1.29 is 22.8 Å². The van der Waals surface area contributed by atoms with E-state index in [0.29, 0.717) is 36.0 Å². The van der Waals surface area contributed by atoms with Gasteiger partial charge in [0.05, 0.1) is 16.9 Å². The van der Waals surface area contributed by atoms with Crippen LogP contribution in [0.15, 0.2) is 54.9 Å². The molecule has 0 aliphatic carbocycles. The molecular formula is C27H24F3N7O2. The summed E-state index contributed by atoms with van der Waals surface area (Å²) in [5.74, 6) is -0.267. The normalized spacial score (nSPS) is 19.4. The van der Waals surface area contributed by atoms with Crippen molar-refractivity contribution in [2.45, 2.75) is 43.8 Å². The maximum absolute atomic E-state index is 13.0. The lowest BCUT2D eigenvalue weighted by Crippen LogP contribution is -2.40. The molecule has 12 heteroatoms. The van der Waals surface area contributed by atoms with Gasteiger partial charge in [0.1, 0.15) is 17.2 Å². The van der Waals surface area contributed by atoms with E-state index in [1.54, 1.807) is 35.1 Å². The molecule has 5 heterocycles. The monoisotopic (exact) mass is 535 g/mol. The van der Waals surface area contributed by atoms with E-state index >= 15 is 0 Å². The molecule has 2 aliphatic rings. The van der Waals surface area contributed by atoms with Crippen molar-refractivity contribution >= 4 is 34.4 Å². The van der Waals surface area contributed by atoms with Crippen LogP contribution in [0.4, 0.5) is 24.8 Å². The fourth-order valence-electron chi connectivity index (χ4n) is 5.51. The summed E-state index contributed by atoms with van der Waals surface area (Å²) < 4.78 is 40.6. The molecule has 2 saturated heterocycles. The molecule has 2 aliphatic heterocycles. The van der Waals surface area contributed by atoms with Crippen LogP contribution >= 0.6 is 0 Å². The lowest BCUT2D eigenvalue weighted by Gasteiger charge is -2.34. The van der Waals surface area contributed by atoms with Gasteiger partial charge in [-0.1, -0.05) is 0 Å². The molecule has 39 heavy (non-hydrogen) atoms. The van der Waals surface area contributed by atoms with Crippen LogP contribution in [0.2, 0.25) is 0 Å². The van der Waals surface area contributed by atoms with Gasteiger partial charge in [0.2, 0.25) is 5.91 Å². The molecule has 9 nitrogen and oxygen atoms in total. The van der Waals surface area contributed by atoms with E-state index in [2.05, 4.69) is 15.3 Å². The Morgan fingerprint density at radius 3 is 2.56 bits per heavy atom. The smallest absolute Gasteiger partial charge is 0.382 e. The summed E-state index contributed by atoms with van der Waals surface area (Å²) in [6, 6.07) is 10.2. The van der Waals surface area contributed by atoms with E-state index in [9.17, 15) is 22.8 Å². The first-order chi connectivity index (χ1) is 18.7. The predicted octanol–water partition coefficient (Wildman–Crippen LogP) is 4.54. The minimum Gasteiger partial charge on any atom is -0.382 e. The van der Waals surface area contributed by atoms with Crippen LogP contribution in [0, 0.1) is 0 Å². The van der Waals surface area contributed by atoms with Gasteiger partial charge in [-0.15, -0.1) is 0 Å². The Balaban J connectivity index is 1.28. The quantitative estimate of drug-likeness (QED) is 0.396. The van der Waals surface area contributed by atoms with Crippen LogP contribution < -0.4 is 11.1 Å². The highest BCUT2D eigenvalue weighted by molar-refractivity contribution is 6.04. The van der Waals surface area contributed by atoms with Gasteiger partial charge in [-0.05, 0) is 61.7 Å². The number of anilines is 2. The number of nitrogens with two attached hydrogens (primary N) is 1. The first-order valence-electron chi connectivity index (χ1n) is 12.6. The second kappa shape index (κ2) is 9.37. The number of rotatable bonds is 4. The number of piperidine rings is 1. The van der Waals surface area contributed by atoms with Gasteiger partial charge in [0.25, 0.3) is 5.91 Å². The number of aromatic nitrogens is 4. The van der Waals surface area contributed by atoms with Crippen LogP contribution in [0.1, 0.15) is 53.2 Å². The Hall–Kier alpha value is -4.48. The average Bonchev–Trinajstić information content (AvgIpc) is 3.50. The molecule has 0 radical (unpaired) electrons. The Bertz CT molecular complexity index is 1580. The number of nitrogens with one attached hydrogen (secondary N) is 1. The highest BCUT2D eigenvalue weighted by atomic mass is 19.4. The molecule has 3 N–H and O–H groups in total. The van der Waals surface area contributed by atoms with Crippen molar-refractivity contribution in [3.05, 3.63) is 71.7 Å². The average molecular weight is 536 g/mol. The minimum atomic E-state index is -4.55. The number of halogens is 3. The van der Waals surface area contributed by atoms with E-state index in [-0.39, 0.29) is 23.2 Å². The van der Waals surface area contributed by atoms with E-state index in [0.717, 1.165) is 48.7 Å². The summed E-state index contributed by atoms with van der Waals surface area (Å²) in [7, 11) is 0. The molecule has 1 aromatic carbocycles. The van der Waals surface area contributed by atoms with Gasteiger partial charge < -0.3 is 16.0 Å². The second-order valence-corrected chi connectivity index (χ2v) is 9.83. The zero-order chi connectivity index (χ0) is 27.3. The molecule has 0 saturated carbocycles. The van der Waals surface area contributed by atoms with E-state index in [4.69, 9.17) is 10.8 Å². The molecule has 0 bridgehead atoms. The largest absolute Gasteiger partial charge is 0.416 e.